The first kappa shape index (κ1) is 19.0. The van der Waals surface area contributed by atoms with Gasteiger partial charge in [0.25, 0.3) is 5.91 Å². The SMILES string of the molecule is COc1ccc(C(=O)N(CN2CCCC2=O)c2cccc(Cl)c2)cc1OC. The van der Waals surface area contributed by atoms with Crippen molar-refractivity contribution in [2.75, 3.05) is 32.3 Å². The van der Waals surface area contributed by atoms with E-state index >= 15 is 0 Å². The van der Waals surface area contributed by atoms with Crippen molar-refractivity contribution in [1.82, 2.24) is 4.90 Å². The molecular formula is C20H21ClN2O4. The Kier molecular flexibility index (Phi) is 5.86. The quantitative estimate of drug-likeness (QED) is 0.758. The van der Waals surface area contributed by atoms with Gasteiger partial charge in [0.15, 0.2) is 11.5 Å². The fourth-order valence-electron chi connectivity index (χ4n) is 3.06. The van der Waals surface area contributed by atoms with Crippen LogP contribution in [-0.4, -0.2) is 44.1 Å². The summed E-state index contributed by atoms with van der Waals surface area (Å²) in [5, 5.41) is 0.519. The zero-order valence-electron chi connectivity index (χ0n) is 15.3. The molecule has 142 valence electrons. The van der Waals surface area contributed by atoms with E-state index in [1.54, 1.807) is 52.3 Å². The molecule has 0 saturated carbocycles. The van der Waals surface area contributed by atoms with Gasteiger partial charge in [0, 0.05) is 29.2 Å². The molecule has 0 bridgehead atoms. The molecule has 2 amide bonds. The van der Waals surface area contributed by atoms with Crippen LogP contribution >= 0.6 is 11.6 Å². The van der Waals surface area contributed by atoms with Gasteiger partial charge in [-0.15, -0.1) is 0 Å². The maximum Gasteiger partial charge on any atom is 0.259 e. The Morgan fingerprint density at radius 1 is 1.15 bits per heavy atom. The number of carbonyl (C=O) groups excluding carboxylic acids is 2. The van der Waals surface area contributed by atoms with Gasteiger partial charge in [-0.25, -0.2) is 0 Å². The molecule has 1 saturated heterocycles. The number of nitrogens with zero attached hydrogens (tertiary/aromatic N) is 2. The number of rotatable bonds is 6. The summed E-state index contributed by atoms with van der Waals surface area (Å²) in [6.45, 7) is 0.807. The van der Waals surface area contributed by atoms with Crippen LogP contribution in [0.3, 0.4) is 0 Å². The van der Waals surface area contributed by atoms with E-state index in [0.717, 1.165) is 6.42 Å². The molecule has 1 aliphatic heterocycles. The Bertz CT molecular complexity index is 856. The summed E-state index contributed by atoms with van der Waals surface area (Å²) in [7, 11) is 3.06. The van der Waals surface area contributed by atoms with E-state index in [1.165, 1.54) is 14.2 Å². The molecule has 0 unspecified atom stereocenters. The molecule has 6 nitrogen and oxygen atoms in total. The van der Waals surface area contributed by atoms with Crippen LogP contribution in [0.25, 0.3) is 0 Å². The highest BCUT2D eigenvalue weighted by Gasteiger charge is 2.27. The number of carbonyl (C=O) groups is 2. The molecule has 2 aromatic rings. The summed E-state index contributed by atoms with van der Waals surface area (Å²) in [6.07, 6.45) is 1.31. The normalized spacial score (nSPS) is 13.6. The lowest BCUT2D eigenvalue weighted by Crippen LogP contribution is -2.42. The van der Waals surface area contributed by atoms with Crippen molar-refractivity contribution in [2.45, 2.75) is 12.8 Å². The Morgan fingerprint density at radius 2 is 1.93 bits per heavy atom. The molecule has 0 atom stereocenters. The third-order valence-corrected chi connectivity index (χ3v) is 4.71. The molecule has 7 heteroatoms. The van der Waals surface area contributed by atoms with Crippen LogP contribution in [0.5, 0.6) is 11.5 Å². The van der Waals surface area contributed by atoms with E-state index in [1.807, 2.05) is 0 Å². The first-order chi connectivity index (χ1) is 13.0. The third-order valence-electron chi connectivity index (χ3n) is 4.48. The van der Waals surface area contributed by atoms with Crippen LogP contribution in [0, 0.1) is 0 Å². The Labute approximate surface area is 163 Å². The molecule has 1 fully saturated rings. The van der Waals surface area contributed by atoms with Gasteiger partial charge in [-0.2, -0.15) is 0 Å². The first-order valence-corrected chi connectivity index (χ1v) is 8.98. The van der Waals surface area contributed by atoms with Gasteiger partial charge in [0.05, 0.1) is 14.2 Å². The van der Waals surface area contributed by atoms with Crippen molar-refractivity contribution >= 4 is 29.1 Å². The molecule has 0 radical (unpaired) electrons. The van der Waals surface area contributed by atoms with Crippen LogP contribution in [-0.2, 0) is 4.79 Å². The second kappa shape index (κ2) is 8.31. The molecule has 3 rings (SSSR count). The summed E-state index contributed by atoms with van der Waals surface area (Å²) in [5.41, 5.74) is 1.06. The zero-order valence-corrected chi connectivity index (χ0v) is 16.0. The van der Waals surface area contributed by atoms with E-state index in [9.17, 15) is 9.59 Å². The van der Waals surface area contributed by atoms with E-state index in [0.29, 0.717) is 40.7 Å². The third kappa shape index (κ3) is 4.17. The highest BCUT2D eigenvalue weighted by atomic mass is 35.5. The Balaban J connectivity index is 1.96. The van der Waals surface area contributed by atoms with Gasteiger partial charge < -0.3 is 14.4 Å². The number of anilines is 1. The second-order valence-corrected chi connectivity index (χ2v) is 6.62. The number of amides is 2. The van der Waals surface area contributed by atoms with E-state index in [2.05, 4.69) is 0 Å². The van der Waals surface area contributed by atoms with Gasteiger partial charge in [0.2, 0.25) is 5.91 Å². The monoisotopic (exact) mass is 388 g/mol. The van der Waals surface area contributed by atoms with E-state index in [-0.39, 0.29) is 18.5 Å². The average Bonchev–Trinajstić information content (AvgIpc) is 3.09. The van der Waals surface area contributed by atoms with E-state index in [4.69, 9.17) is 21.1 Å². The van der Waals surface area contributed by atoms with Gasteiger partial charge in [-0.05, 0) is 42.8 Å². The number of benzene rings is 2. The number of ether oxygens (including phenoxy) is 2. The predicted molar refractivity (Wildman–Crippen MR) is 104 cm³/mol. The summed E-state index contributed by atoms with van der Waals surface area (Å²) in [5.74, 6) is 0.796. The van der Waals surface area contributed by atoms with Crippen LogP contribution in [0.2, 0.25) is 5.02 Å². The van der Waals surface area contributed by atoms with E-state index < -0.39 is 0 Å². The molecule has 2 aromatic carbocycles. The predicted octanol–water partition coefficient (Wildman–Crippen LogP) is 3.58. The van der Waals surface area contributed by atoms with Crippen molar-refractivity contribution in [1.29, 1.82) is 0 Å². The maximum absolute atomic E-state index is 13.3. The standard InChI is InChI=1S/C20H21ClN2O4/c1-26-17-9-8-14(11-18(17)27-2)20(25)23(13-22-10-4-7-19(22)24)16-6-3-5-15(21)12-16/h3,5-6,8-9,11-12H,4,7,10,13H2,1-2H3. The highest BCUT2D eigenvalue weighted by molar-refractivity contribution is 6.31. The van der Waals surface area contributed by atoms with Crippen molar-refractivity contribution in [2.24, 2.45) is 0 Å². The van der Waals surface area contributed by atoms with Crippen LogP contribution in [0.15, 0.2) is 42.5 Å². The maximum atomic E-state index is 13.3. The lowest BCUT2D eigenvalue weighted by Gasteiger charge is -2.28. The summed E-state index contributed by atoms with van der Waals surface area (Å²) >= 11 is 6.12. The smallest absolute Gasteiger partial charge is 0.259 e. The summed E-state index contributed by atoms with van der Waals surface area (Å²) < 4.78 is 10.5. The highest BCUT2D eigenvalue weighted by Crippen LogP contribution is 2.29. The molecule has 0 N–H and O–H groups in total. The molecule has 0 aliphatic carbocycles. The molecule has 0 spiro atoms. The summed E-state index contributed by atoms with van der Waals surface area (Å²) in [4.78, 5) is 28.6. The lowest BCUT2D eigenvalue weighted by molar-refractivity contribution is -0.127. The molecular weight excluding hydrogens is 368 g/mol. The van der Waals surface area contributed by atoms with Crippen LogP contribution in [0.1, 0.15) is 23.2 Å². The number of methoxy groups -OCH3 is 2. The first-order valence-electron chi connectivity index (χ1n) is 8.60. The van der Waals surface area contributed by atoms with Gasteiger partial charge in [0.1, 0.15) is 6.67 Å². The topological polar surface area (TPSA) is 59.1 Å². The Hall–Kier alpha value is -2.73. The van der Waals surface area contributed by atoms with Crippen molar-refractivity contribution in [3.05, 3.63) is 53.1 Å². The lowest BCUT2D eigenvalue weighted by atomic mass is 10.1. The Morgan fingerprint density at radius 3 is 2.56 bits per heavy atom. The molecule has 27 heavy (non-hydrogen) atoms. The largest absolute Gasteiger partial charge is 0.493 e. The fraction of sp³-hybridized carbons (Fsp3) is 0.300. The van der Waals surface area contributed by atoms with Crippen molar-refractivity contribution in [3.63, 3.8) is 0 Å². The van der Waals surface area contributed by atoms with Crippen molar-refractivity contribution < 1.29 is 19.1 Å². The number of hydrogen-bond acceptors (Lipinski definition) is 4. The van der Waals surface area contributed by atoms with Crippen LogP contribution < -0.4 is 14.4 Å². The van der Waals surface area contributed by atoms with Crippen molar-refractivity contribution in [3.8, 4) is 11.5 Å². The minimum atomic E-state index is -0.252. The minimum absolute atomic E-state index is 0.0436. The molecule has 1 heterocycles. The van der Waals surface area contributed by atoms with Crippen LogP contribution in [0.4, 0.5) is 5.69 Å². The molecule has 0 aromatic heterocycles. The number of halogens is 1. The minimum Gasteiger partial charge on any atom is -0.493 e. The fourth-order valence-corrected chi connectivity index (χ4v) is 3.24. The molecule has 1 aliphatic rings. The number of likely N-dealkylation sites (tertiary alicyclic amines) is 1. The van der Waals surface area contributed by atoms with Gasteiger partial charge >= 0.3 is 0 Å². The zero-order chi connectivity index (χ0) is 19.4. The summed E-state index contributed by atoms with van der Waals surface area (Å²) in [6, 6.07) is 12.0. The van der Waals surface area contributed by atoms with Gasteiger partial charge in [-0.1, -0.05) is 17.7 Å². The number of hydrogen-bond donors (Lipinski definition) is 0. The average molecular weight is 389 g/mol. The van der Waals surface area contributed by atoms with Gasteiger partial charge in [-0.3, -0.25) is 14.5 Å². The second-order valence-electron chi connectivity index (χ2n) is 6.18.